The van der Waals surface area contributed by atoms with Crippen molar-refractivity contribution in [2.75, 3.05) is 13.2 Å². The molecule has 0 radical (unpaired) electrons. The molecule has 5 heteroatoms. The normalized spacial score (nSPS) is 10.4. The number of ether oxygens (including phenoxy) is 3. The fourth-order valence-corrected chi connectivity index (χ4v) is 3.27. The monoisotopic (exact) mass is 452 g/mol. The molecular formula is C29H24O5. The fraction of sp³-hybridized carbons (Fsp3) is 0.103. The van der Waals surface area contributed by atoms with Gasteiger partial charge in [0.15, 0.2) is 19.0 Å². The van der Waals surface area contributed by atoms with Crippen molar-refractivity contribution in [3.8, 4) is 22.6 Å². The van der Waals surface area contributed by atoms with Crippen molar-refractivity contribution >= 4 is 11.8 Å². The number of rotatable bonds is 10. The number of carbonyl (C=O) groups excluding carboxylic acids is 2. The zero-order valence-corrected chi connectivity index (χ0v) is 18.6. The molecule has 34 heavy (non-hydrogen) atoms. The first-order valence-corrected chi connectivity index (χ1v) is 10.9. The van der Waals surface area contributed by atoms with E-state index in [-0.39, 0.29) is 19.0 Å². The second-order valence-electron chi connectivity index (χ2n) is 7.56. The van der Waals surface area contributed by atoms with Crippen LogP contribution in [0.15, 0.2) is 109 Å². The average Bonchev–Trinajstić information content (AvgIpc) is 2.91. The molecule has 0 heterocycles. The summed E-state index contributed by atoms with van der Waals surface area (Å²) in [4.78, 5) is 24.3. The van der Waals surface area contributed by atoms with E-state index in [4.69, 9.17) is 14.2 Å². The number of hydrogen-bond donors (Lipinski definition) is 0. The van der Waals surface area contributed by atoms with Crippen molar-refractivity contribution in [2.45, 2.75) is 6.61 Å². The van der Waals surface area contributed by atoms with Crippen LogP contribution < -0.4 is 9.47 Å². The van der Waals surface area contributed by atoms with Gasteiger partial charge >= 0.3 is 5.97 Å². The molecule has 0 bridgehead atoms. The molecule has 0 aliphatic carbocycles. The Hall–Kier alpha value is -4.38. The second kappa shape index (κ2) is 11.5. The van der Waals surface area contributed by atoms with Crippen LogP contribution in [0.4, 0.5) is 0 Å². The molecule has 0 aromatic heterocycles. The van der Waals surface area contributed by atoms with Gasteiger partial charge in [0.05, 0.1) is 0 Å². The van der Waals surface area contributed by atoms with Crippen molar-refractivity contribution in [3.05, 3.63) is 120 Å². The van der Waals surface area contributed by atoms with Gasteiger partial charge in [-0.25, -0.2) is 4.79 Å². The first-order valence-electron chi connectivity index (χ1n) is 10.9. The Kier molecular flexibility index (Phi) is 7.70. The molecule has 0 atom stereocenters. The fourth-order valence-electron chi connectivity index (χ4n) is 3.27. The minimum atomic E-state index is -0.612. The molecule has 0 aliphatic heterocycles. The molecule has 0 amide bonds. The van der Waals surface area contributed by atoms with Gasteiger partial charge in [-0.15, -0.1) is 0 Å². The largest absolute Gasteiger partial charge is 0.489 e. The van der Waals surface area contributed by atoms with Gasteiger partial charge < -0.3 is 14.2 Å². The summed E-state index contributed by atoms with van der Waals surface area (Å²) in [6, 6.07) is 33.9. The van der Waals surface area contributed by atoms with Crippen LogP contribution in [0.25, 0.3) is 11.1 Å². The molecule has 4 aromatic rings. The molecular weight excluding hydrogens is 428 g/mol. The third-order valence-corrected chi connectivity index (χ3v) is 5.11. The summed E-state index contributed by atoms with van der Waals surface area (Å²) >= 11 is 0. The summed E-state index contributed by atoms with van der Waals surface area (Å²) in [6.07, 6.45) is 0. The van der Waals surface area contributed by atoms with Crippen molar-refractivity contribution < 1.29 is 23.8 Å². The summed E-state index contributed by atoms with van der Waals surface area (Å²) in [5.74, 6) is 0.320. The number of hydrogen-bond acceptors (Lipinski definition) is 5. The van der Waals surface area contributed by atoms with Gasteiger partial charge in [-0.05, 0) is 41.0 Å². The van der Waals surface area contributed by atoms with Crippen LogP contribution in [-0.2, 0) is 16.1 Å². The van der Waals surface area contributed by atoms with Gasteiger partial charge in [0, 0.05) is 5.56 Å². The van der Waals surface area contributed by atoms with Gasteiger partial charge in [0.25, 0.3) is 0 Å². The first-order chi connectivity index (χ1) is 16.7. The predicted molar refractivity (Wildman–Crippen MR) is 130 cm³/mol. The minimum Gasteiger partial charge on any atom is -0.489 e. The second-order valence-corrected chi connectivity index (χ2v) is 7.56. The Morgan fingerprint density at radius 1 is 0.559 bits per heavy atom. The highest BCUT2D eigenvalue weighted by Crippen LogP contribution is 2.20. The molecule has 4 aromatic carbocycles. The van der Waals surface area contributed by atoms with Crippen molar-refractivity contribution in [3.63, 3.8) is 0 Å². The summed E-state index contributed by atoms with van der Waals surface area (Å²) in [6.45, 7) is -0.153. The zero-order chi connectivity index (χ0) is 23.6. The lowest BCUT2D eigenvalue weighted by molar-refractivity contribution is -0.144. The number of Topliss-reactive ketones (excluding diaryl/α,β-unsaturated/α-hetero) is 1. The van der Waals surface area contributed by atoms with Crippen molar-refractivity contribution in [1.82, 2.24) is 0 Å². The van der Waals surface area contributed by atoms with E-state index in [9.17, 15) is 9.59 Å². The maximum atomic E-state index is 12.3. The van der Waals surface area contributed by atoms with Crippen molar-refractivity contribution in [1.29, 1.82) is 0 Å². The maximum Gasteiger partial charge on any atom is 0.344 e. The molecule has 0 N–H and O–H groups in total. The van der Waals surface area contributed by atoms with E-state index in [1.54, 1.807) is 36.4 Å². The Bertz CT molecular complexity index is 1200. The van der Waals surface area contributed by atoms with Crippen LogP contribution in [-0.4, -0.2) is 25.0 Å². The van der Waals surface area contributed by atoms with Gasteiger partial charge in [-0.3, -0.25) is 4.79 Å². The highest BCUT2D eigenvalue weighted by molar-refractivity contribution is 5.98. The smallest absolute Gasteiger partial charge is 0.344 e. The Morgan fingerprint density at radius 3 is 1.76 bits per heavy atom. The van der Waals surface area contributed by atoms with Crippen molar-refractivity contribution in [2.24, 2.45) is 0 Å². The highest BCUT2D eigenvalue weighted by atomic mass is 16.6. The number of benzene rings is 4. The molecule has 0 aliphatic rings. The summed E-state index contributed by atoms with van der Waals surface area (Å²) in [5, 5.41) is 0. The van der Waals surface area contributed by atoms with Gasteiger partial charge in [-0.1, -0.05) is 84.9 Å². The Balaban J connectivity index is 1.19. The number of esters is 1. The Labute approximate surface area is 198 Å². The van der Waals surface area contributed by atoms with E-state index in [0.29, 0.717) is 23.7 Å². The van der Waals surface area contributed by atoms with E-state index in [0.717, 1.165) is 16.7 Å². The van der Waals surface area contributed by atoms with Gasteiger partial charge in [0.2, 0.25) is 0 Å². The summed E-state index contributed by atoms with van der Waals surface area (Å²) < 4.78 is 16.2. The highest BCUT2D eigenvalue weighted by Gasteiger charge is 2.11. The quantitative estimate of drug-likeness (QED) is 0.227. The minimum absolute atomic E-state index is 0.270. The van der Waals surface area contributed by atoms with Crippen LogP contribution >= 0.6 is 0 Å². The number of ketones is 1. The lowest BCUT2D eigenvalue weighted by atomic mass is 10.0. The lowest BCUT2D eigenvalue weighted by Crippen LogP contribution is -2.19. The first kappa shape index (κ1) is 22.8. The number of carbonyl (C=O) groups is 2. The van der Waals surface area contributed by atoms with E-state index in [1.807, 2.05) is 72.8 Å². The van der Waals surface area contributed by atoms with E-state index in [1.165, 1.54) is 0 Å². The molecule has 0 fully saturated rings. The molecule has 5 nitrogen and oxygen atoms in total. The Morgan fingerprint density at radius 2 is 1.12 bits per heavy atom. The van der Waals surface area contributed by atoms with E-state index >= 15 is 0 Å². The third-order valence-electron chi connectivity index (χ3n) is 5.11. The van der Waals surface area contributed by atoms with Crippen LogP contribution in [0.3, 0.4) is 0 Å². The lowest BCUT2D eigenvalue weighted by Gasteiger charge is -2.09. The molecule has 0 spiro atoms. The predicted octanol–water partition coefficient (Wildman–Crippen LogP) is 5.74. The average molecular weight is 453 g/mol. The zero-order valence-electron chi connectivity index (χ0n) is 18.6. The summed E-state index contributed by atoms with van der Waals surface area (Å²) in [5.41, 5.74) is 3.65. The van der Waals surface area contributed by atoms with E-state index < -0.39 is 5.97 Å². The molecule has 0 unspecified atom stereocenters. The molecule has 170 valence electrons. The van der Waals surface area contributed by atoms with Gasteiger partial charge in [0.1, 0.15) is 18.1 Å². The third kappa shape index (κ3) is 6.56. The molecule has 0 saturated carbocycles. The maximum absolute atomic E-state index is 12.3. The topological polar surface area (TPSA) is 61.8 Å². The summed E-state index contributed by atoms with van der Waals surface area (Å²) in [7, 11) is 0. The van der Waals surface area contributed by atoms with Crippen LogP contribution in [0, 0.1) is 0 Å². The standard InChI is InChI=1S/C29H24O5/c30-28(25-13-11-24(12-14-25)23-9-5-2-6-10-23)20-34-29(31)21-33-27-17-15-26(16-18-27)32-19-22-7-3-1-4-8-22/h1-18H,19-21H2. The molecule has 0 saturated heterocycles. The van der Waals surface area contributed by atoms with Crippen LogP contribution in [0.2, 0.25) is 0 Å². The van der Waals surface area contributed by atoms with Gasteiger partial charge in [-0.2, -0.15) is 0 Å². The van der Waals surface area contributed by atoms with Crippen LogP contribution in [0.5, 0.6) is 11.5 Å². The SMILES string of the molecule is O=C(COc1ccc(OCc2ccccc2)cc1)OCC(=O)c1ccc(-c2ccccc2)cc1. The van der Waals surface area contributed by atoms with Crippen LogP contribution in [0.1, 0.15) is 15.9 Å². The van der Waals surface area contributed by atoms with E-state index in [2.05, 4.69) is 0 Å². The molecule has 4 rings (SSSR count).